The molecule has 0 nitrogen and oxygen atoms in total. The average molecular weight is 189 g/mol. The van der Waals surface area contributed by atoms with E-state index in [1.807, 2.05) is 6.07 Å². The average Bonchev–Trinajstić information content (AvgIpc) is 2.23. The third-order valence-corrected chi connectivity index (χ3v) is 1.95. The third kappa shape index (κ3) is 1.51. The molecule has 1 radical (unpaired) electrons. The van der Waals surface area contributed by atoms with Crippen molar-refractivity contribution in [1.82, 2.24) is 0 Å². The molecule has 0 fully saturated rings. The van der Waals surface area contributed by atoms with E-state index in [4.69, 9.17) is 0 Å². The van der Waals surface area contributed by atoms with Gasteiger partial charge in [-0.1, -0.05) is 36.4 Å². The van der Waals surface area contributed by atoms with E-state index in [9.17, 15) is 8.78 Å². The van der Waals surface area contributed by atoms with Crippen LogP contribution in [0.2, 0.25) is 0 Å². The molecule has 0 spiro atoms. The van der Waals surface area contributed by atoms with Crippen LogP contribution in [0, 0.1) is 17.7 Å². The SMILES string of the molecule is Fc1cc[c]c(-c2ccccc2)c1F. The molecule has 2 heteroatoms. The molecule has 0 atom stereocenters. The fourth-order valence-electron chi connectivity index (χ4n) is 1.27. The normalized spacial score (nSPS) is 10.1. The van der Waals surface area contributed by atoms with Crippen LogP contribution >= 0.6 is 0 Å². The molecule has 0 aromatic heterocycles. The molecule has 0 aliphatic rings. The summed E-state index contributed by atoms with van der Waals surface area (Å²) in [4.78, 5) is 0. The Morgan fingerprint density at radius 2 is 1.64 bits per heavy atom. The first-order valence-corrected chi connectivity index (χ1v) is 4.20. The van der Waals surface area contributed by atoms with Gasteiger partial charge in [0.25, 0.3) is 0 Å². The minimum Gasteiger partial charge on any atom is -0.204 e. The zero-order valence-electron chi connectivity index (χ0n) is 7.30. The van der Waals surface area contributed by atoms with Gasteiger partial charge in [0, 0.05) is 5.56 Å². The predicted octanol–water partition coefficient (Wildman–Crippen LogP) is 3.43. The Balaban J connectivity index is 2.58. The lowest BCUT2D eigenvalue weighted by Crippen LogP contribution is -1.88. The van der Waals surface area contributed by atoms with Crippen molar-refractivity contribution in [3.63, 3.8) is 0 Å². The summed E-state index contributed by atoms with van der Waals surface area (Å²) in [5.74, 6) is -1.69. The van der Waals surface area contributed by atoms with Crippen LogP contribution in [-0.2, 0) is 0 Å². The second-order valence-corrected chi connectivity index (χ2v) is 2.88. The molecule has 14 heavy (non-hydrogen) atoms. The van der Waals surface area contributed by atoms with E-state index in [1.54, 1.807) is 24.3 Å². The van der Waals surface area contributed by atoms with E-state index in [2.05, 4.69) is 6.07 Å². The van der Waals surface area contributed by atoms with Gasteiger partial charge in [0.05, 0.1) is 0 Å². The summed E-state index contributed by atoms with van der Waals surface area (Å²) in [7, 11) is 0. The van der Waals surface area contributed by atoms with Gasteiger partial charge in [-0.2, -0.15) is 0 Å². The van der Waals surface area contributed by atoms with Crippen molar-refractivity contribution in [3.8, 4) is 11.1 Å². The van der Waals surface area contributed by atoms with E-state index in [0.29, 0.717) is 5.56 Å². The highest BCUT2D eigenvalue weighted by atomic mass is 19.2. The van der Waals surface area contributed by atoms with E-state index >= 15 is 0 Å². The van der Waals surface area contributed by atoms with Crippen LogP contribution in [0.1, 0.15) is 0 Å². The molecule has 0 bridgehead atoms. The molecule has 2 rings (SSSR count). The quantitative estimate of drug-likeness (QED) is 0.644. The van der Waals surface area contributed by atoms with Crippen LogP contribution in [-0.4, -0.2) is 0 Å². The lowest BCUT2D eigenvalue weighted by Gasteiger charge is -2.02. The Bertz CT molecular complexity index is 435. The Labute approximate surface area is 80.8 Å². The van der Waals surface area contributed by atoms with Crippen LogP contribution < -0.4 is 0 Å². The highest BCUT2D eigenvalue weighted by molar-refractivity contribution is 5.63. The van der Waals surface area contributed by atoms with E-state index in [0.717, 1.165) is 6.07 Å². The number of rotatable bonds is 1. The predicted molar refractivity (Wildman–Crippen MR) is 50.6 cm³/mol. The number of benzene rings is 2. The van der Waals surface area contributed by atoms with Crippen LogP contribution in [0.5, 0.6) is 0 Å². The molecule has 2 aromatic rings. The third-order valence-electron chi connectivity index (χ3n) is 1.95. The second-order valence-electron chi connectivity index (χ2n) is 2.88. The second kappa shape index (κ2) is 3.58. The fourth-order valence-corrected chi connectivity index (χ4v) is 1.27. The monoisotopic (exact) mass is 189 g/mol. The Morgan fingerprint density at radius 3 is 2.36 bits per heavy atom. The zero-order chi connectivity index (χ0) is 9.97. The summed E-state index contributed by atoms with van der Waals surface area (Å²) in [6.45, 7) is 0. The van der Waals surface area contributed by atoms with Gasteiger partial charge < -0.3 is 0 Å². The van der Waals surface area contributed by atoms with E-state index < -0.39 is 11.6 Å². The highest BCUT2D eigenvalue weighted by Gasteiger charge is 2.08. The first-order chi connectivity index (χ1) is 6.79. The van der Waals surface area contributed by atoms with Crippen molar-refractivity contribution in [2.45, 2.75) is 0 Å². The number of halogens is 2. The van der Waals surface area contributed by atoms with E-state index in [-0.39, 0.29) is 5.56 Å². The molecule has 0 aliphatic heterocycles. The molecular formula is C12H7F2. The topological polar surface area (TPSA) is 0 Å². The van der Waals surface area contributed by atoms with Crippen molar-refractivity contribution < 1.29 is 8.78 Å². The van der Waals surface area contributed by atoms with Crippen molar-refractivity contribution in [1.29, 1.82) is 0 Å². The zero-order valence-corrected chi connectivity index (χ0v) is 7.30. The van der Waals surface area contributed by atoms with Gasteiger partial charge in [0.2, 0.25) is 0 Å². The number of hydrogen-bond acceptors (Lipinski definition) is 0. The van der Waals surface area contributed by atoms with Gasteiger partial charge >= 0.3 is 0 Å². The molecule has 69 valence electrons. The van der Waals surface area contributed by atoms with Crippen LogP contribution in [0.15, 0.2) is 42.5 Å². The van der Waals surface area contributed by atoms with Gasteiger partial charge in [-0.25, -0.2) is 8.78 Å². The molecule has 0 heterocycles. The maximum atomic E-state index is 13.3. The van der Waals surface area contributed by atoms with Crippen molar-refractivity contribution in [2.24, 2.45) is 0 Å². The lowest BCUT2D eigenvalue weighted by atomic mass is 10.1. The van der Waals surface area contributed by atoms with E-state index in [1.165, 1.54) is 6.07 Å². The van der Waals surface area contributed by atoms with Crippen molar-refractivity contribution >= 4 is 0 Å². The van der Waals surface area contributed by atoms with Gasteiger partial charge in [-0.05, 0) is 17.7 Å². The lowest BCUT2D eigenvalue weighted by molar-refractivity contribution is 0.511. The Morgan fingerprint density at radius 1 is 0.929 bits per heavy atom. The molecule has 0 saturated heterocycles. The first-order valence-electron chi connectivity index (χ1n) is 4.20. The molecule has 0 amide bonds. The van der Waals surface area contributed by atoms with Gasteiger partial charge in [0.1, 0.15) is 0 Å². The van der Waals surface area contributed by atoms with Crippen molar-refractivity contribution in [3.05, 3.63) is 60.2 Å². The highest BCUT2D eigenvalue weighted by Crippen LogP contribution is 2.23. The van der Waals surface area contributed by atoms with Crippen LogP contribution in [0.3, 0.4) is 0 Å². The number of hydrogen-bond donors (Lipinski definition) is 0. The summed E-state index contributed by atoms with van der Waals surface area (Å²) in [5.41, 5.74) is 0.801. The summed E-state index contributed by atoms with van der Waals surface area (Å²) < 4.78 is 26.2. The van der Waals surface area contributed by atoms with Crippen LogP contribution in [0.4, 0.5) is 8.78 Å². The molecule has 0 N–H and O–H groups in total. The van der Waals surface area contributed by atoms with Crippen molar-refractivity contribution in [2.75, 3.05) is 0 Å². The summed E-state index contributed by atoms with van der Waals surface area (Å²) in [5, 5.41) is 0. The summed E-state index contributed by atoms with van der Waals surface area (Å²) >= 11 is 0. The minimum atomic E-state index is -0.848. The maximum absolute atomic E-state index is 13.3. The molecule has 0 unspecified atom stereocenters. The summed E-state index contributed by atoms with van der Waals surface area (Å²) in [6, 6.07) is 13.9. The van der Waals surface area contributed by atoms with Gasteiger partial charge in [0.15, 0.2) is 11.6 Å². The molecule has 2 aromatic carbocycles. The Kier molecular flexibility index (Phi) is 2.27. The molecule has 0 saturated carbocycles. The molecule has 0 aliphatic carbocycles. The van der Waals surface area contributed by atoms with Gasteiger partial charge in [-0.15, -0.1) is 0 Å². The largest absolute Gasteiger partial charge is 0.204 e. The smallest absolute Gasteiger partial charge is 0.167 e. The Hall–Kier alpha value is -1.70. The van der Waals surface area contributed by atoms with Crippen LogP contribution in [0.25, 0.3) is 11.1 Å². The standard InChI is InChI=1S/C12H7F2/c13-11-8-4-7-10(12(11)14)9-5-2-1-3-6-9/h1-6,8H. The van der Waals surface area contributed by atoms with Gasteiger partial charge in [-0.3, -0.25) is 0 Å². The summed E-state index contributed by atoms with van der Waals surface area (Å²) in [6.07, 6.45) is 0. The molecular weight excluding hydrogens is 182 g/mol. The maximum Gasteiger partial charge on any atom is 0.167 e. The first kappa shape index (κ1) is 8.88. The fraction of sp³-hybridized carbons (Fsp3) is 0. The minimum absolute atomic E-state index is 0.172.